The lowest BCUT2D eigenvalue weighted by molar-refractivity contribution is -0.139. The predicted octanol–water partition coefficient (Wildman–Crippen LogP) is 4.09. The van der Waals surface area contributed by atoms with Crippen LogP contribution in [0.15, 0.2) is 48.5 Å². The van der Waals surface area contributed by atoms with E-state index >= 15 is 0 Å². The standard InChI is InChI=1S/C23H29Cl2N3O4S/c1-5-16(2)26-23(30)17(3)27(14-18-10-7-6-8-11-18)21(29)15-28(33(4,31)32)20-13-9-12-19(24)22(20)25/h6-13,16-17H,5,14-15H2,1-4H3,(H,26,30)/t16-,17-/m1/s1. The topological polar surface area (TPSA) is 86.8 Å². The van der Waals surface area contributed by atoms with E-state index in [-0.39, 0.29) is 34.2 Å². The number of halogens is 2. The molecule has 0 heterocycles. The number of benzene rings is 2. The molecule has 2 atom stereocenters. The summed E-state index contributed by atoms with van der Waals surface area (Å²) in [5.41, 5.74) is 0.900. The lowest BCUT2D eigenvalue weighted by Gasteiger charge is -2.32. The van der Waals surface area contributed by atoms with Gasteiger partial charge in [-0.05, 0) is 38.0 Å². The highest BCUT2D eigenvalue weighted by Gasteiger charge is 2.31. The van der Waals surface area contributed by atoms with E-state index in [9.17, 15) is 18.0 Å². The second-order valence-corrected chi connectivity index (χ2v) is 10.5. The van der Waals surface area contributed by atoms with Crippen molar-refractivity contribution in [3.05, 3.63) is 64.1 Å². The predicted molar refractivity (Wildman–Crippen MR) is 133 cm³/mol. The molecule has 2 aromatic rings. The molecule has 0 aliphatic rings. The summed E-state index contributed by atoms with van der Waals surface area (Å²) < 4.78 is 26.1. The van der Waals surface area contributed by atoms with E-state index in [4.69, 9.17) is 23.2 Å². The van der Waals surface area contributed by atoms with Crippen LogP contribution in [0.4, 0.5) is 5.69 Å². The molecule has 0 spiro atoms. The maximum Gasteiger partial charge on any atom is 0.244 e. The van der Waals surface area contributed by atoms with Gasteiger partial charge in [-0.2, -0.15) is 0 Å². The summed E-state index contributed by atoms with van der Waals surface area (Å²) in [5.74, 6) is -0.868. The Balaban J connectivity index is 2.40. The highest BCUT2D eigenvalue weighted by Crippen LogP contribution is 2.33. The minimum Gasteiger partial charge on any atom is -0.352 e. The minimum absolute atomic E-state index is 0.0227. The number of nitrogens with zero attached hydrogens (tertiary/aromatic N) is 2. The Hall–Kier alpha value is -2.29. The van der Waals surface area contributed by atoms with Crippen molar-refractivity contribution in [2.75, 3.05) is 17.1 Å². The third-order valence-electron chi connectivity index (χ3n) is 5.24. The second kappa shape index (κ2) is 11.7. The van der Waals surface area contributed by atoms with Crippen LogP contribution in [0, 0.1) is 0 Å². The van der Waals surface area contributed by atoms with Gasteiger partial charge in [0.2, 0.25) is 21.8 Å². The van der Waals surface area contributed by atoms with Gasteiger partial charge in [-0.3, -0.25) is 13.9 Å². The fourth-order valence-electron chi connectivity index (χ4n) is 3.11. The largest absolute Gasteiger partial charge is 0.352 e. The molecule has 0 saturated carbocycles. The summed E-state index contributed by atoms with van der Waals surface area (Å²) in [7, 11) is -3.89. The van der Waals surface area contributed by atoms with Crippen LogP contribution in [-0.2, 0) is 26.2 Å². The summed E-state index contributed by atoms with van der Waals surface area (Å²) in [5, 5.41) is 3.07. The maximum absolute atomic E-state index is 13.4. The smallest absolute Gasteiger partial charge is 0.244 e. The molecule has 2 amide bonds. The van der Waals surface area contributed by atoms with Crippen LogP contribution < -0.4 is 9.62 Å². The third-order valence-corrected chi connectivity index (χ3v) is 7.18. The van der Waals surface area contributed by atoms with E-state index in [0.29, 0.717) is 0 Å². The van der Waals surface area contributed by atoms with Crippen molar-refractivity contribution in [3.8, 4) is 0 Å². The summed E-state index contributed by atoms with van der Waals surface area (Å²) in [6, 6.07) is 12.8. The Morgan fingerprint density at radius 1 is 1.03 bits per heavy atom. The average Bonchev–Trinajstić information content (AvgIpc) is 2.77. The van der Waals surface area contributed by atoms with Gasteiger partial charge in [-0.1, -0.05) is 66.5 Å². The van der Waals surface area contributed by atoms with E-state index in [1.165, 1.54) is 17.0 Å². The Morgan fingerprint density at radius 2 is 1.67 bits per heavy atom. The molecule has 7 nitrogen and oxygen atoms in total. The van der Waals surface area contributed by atoms with E-state index in [1.54, 1.807) is 13.0 Å². The van der Waals surface area contributed by atoms with Crippen molar-refractivity contribution in [1.82, 2.24) is 10.2 Å². The van der Waals surface area contributed by atoms with E-state index in [2.05, 4.69) is 5.32 Å². The lowest BCUT2D eigenvalue weighted by Crippen LogP contribution is -2.52. The number of amides is 2. The molecule has 0 unspecified atom stereocenters. The first-order chi connectivity index (χ1) is 15.5. The molecule has 0 bridgehead atoms. The van der Waals surface area contributed by atoms with Crippen LogP contribution in [0.3, 0.4) is 0 Å². The van der Waals surface area contributed by atoms with Gasteiger partial charge in [-0.25, -0.2) is 8.42 Å². The van der Waals surface area contributed by atoms with Gasteiger partial charge in [-0.15, -0.1) is 0 Å². The SMILES string of the molecule is CC[C@@H](C)NC(=O)[C@@H](C)N(Cc1ccccc1)C(=O)CN(c1cccc(Cl)c1Cl)S(C)(=O)=O. The molecule has 0 radical (unpaired) electrons. The first-order valence-corrected chi connectivity index (χ1v) is 13.1. The molecule has 10 heteroatoms. The molecule has 33 heavy (non-hydrogen) atoms. The van der Waals surface area contributed by atoms with Crippen molar-refractivity contribution in [2.24, 2.45) is 0 Å². The number of anilines is 1. The maximum atomic E-state index is 13.4. The Kier molecular flexibility index (Phi) is 9.57. The molecular weight excluding hydrogens is 485 g/mol. The first-order valence-electron chi connectivity index (χ1n) is 10.5. The molecular formula is C23H29Cl2N3O4S. The zero-order valence-corrected chi connectivity index (χ0v) is 21.4. The molecule has 180 valence electrons. The summed E-state index contributed by atoms with van der Waals surface area (Å²) in [6.07, 6.45) is 1.72. The Labute approximate surface area is 205 Å². The molecule has 0 aliphatic heterocycles. The quantitative estimate of drug-likeness (QED) is 0.518. The van der Waals surface area contributed by atoms with Gasteiger partial charge in [0.25, 0.3) is 0 Å². The van der Waals surface area contributed by atoms with Gasteiger partial charge in [0.05, 0.1) is 22.0 Å². The fourth-order valence-corrected chi connectivity index (χ4v) is 4.41. The van der Waals surface area contributed by atoms with E-state index < -0.39 is 28.5 Å². The summed E-state index contributed by atoms with van der Waals surface area (Å²) in [4.78, 5) is 27.6. The molecule has 0 saturated heterocycles. The zero-order valence-electron chi connectivity index (χ0n) is 19.1. The zero-order chi connectivity index (χ0) is 24.8. The van der Waals surface area contributed by atoms with Crippen LogP contribution in [0.5, 0.6) is 0 Å². The van der Waals surface area contributed by atoms with Gasteiger partial charge in [0.15, 0.2) is 0 Å². The van der Waals surface area contributed by atoms with Crippen molar-refractivity contribution >= 4 is 50.7 Å². The number of hydrogen-bond acceptors (Lipinski definition) is 4. The van der Waals surface area contributed by atoms with Crippen molar-refractivity contribution < 1.29 is 18.0 Å². The average molecular weight is 514 g/mol. The van der Waals surface area contributed by atoms with Crippen LogP contribution in [0.25, 0.3) is 0 Å². The van der Waals surface area contributed by atoms with Crippen LogP contribution in [0.1, 0.15) is 32.8 Å². The first kappa shape index (κ1) is 27.0. The number of rotatable bonds is 10. The molecule has 1 N–H and O–H groups in total. The van der Waals surface area contributed by atoms with Crippen LogP contribution in [0.2, 0.25) is 10.0 Å². The Bertz CT molecular complexity index is 1080. The van der Waals surface area contributed by atoms with E-state index in [1.807, 2.05) is 44.2 Å². The number of nitrogens with one attached hydrogen (secondary N) is 1. The van der Waals surface area contributed by atoms with Gasteiger partial charge in [0.1, 0.15) is 12.6 Å². The molecule has 0 aromatic heterocycles. The number of sulfonamides is 1. The highest BCUT2D eigenvalue weighted by molar-refractivity contribution is 7.92. The second-order valence-electron chi connectivity index (χ2n) is 7.84. The highest BCUT2D eigenvalue weighted by atomic mass is 35.5. The van der Waals surface area contributed by atoms with Gasteiger partial charge >= 0.3 is 0 Å². The number of hydrogen-bond donors (Lipinski definition) is 1. The summed E-state index contributed by atoms with van der Waals surface area (Å²) in [6.45, 7) is 5.04. The molecule has 0 aliphatic carbocycles. The van der Waals surface area contributed by atoms with Crippen molar-refractivity contribution in [1.29, 1.82) is 0 Å². The lowest BCUT2D eigenvalue weighted by atomic mass is 10.1. The van der Waals surface area contributed by atoms with Gasteiger partial charge < -0.3 is 10.2 Å². The fraction of sp³-hybridized carbons (Fsp3) is 0.391. The van der Waals surface area contributed by atoms with Crippen molar-refractivity contribution in [2.45, 2.75) is 45.8 Å². The Morgan fingerprint density at radius 3 is 2.24 bits per heavy atom. The molecule has 2 aromatic carbocycles. The normalized spacial score (nSPS) is 13.2. The van der Waals surface area contributed by atoms with Gasteiger partial charge in [0, 0.05) is 12.6 Å². The minimum atomic E-state index is -3.89. The number of carbonyl (C=O) groups is 2. The number of carbonyl (C=O) groups excluding carboxylic acids is 2. The van der Waals surface area contributed by atoms with Crippen molar-refractivity contribution in [3.63, 3.8) is 0 Å². The van der Waals surface area contributed by atoms with Crippen LogP contribution >= 0.6 is 23.2 Å². The summed E-state index contributed by atoms with van der Waals surface area (Å²) >= 11 is 12.3. The van der Waals surface area contributed by atoms with Crippen LogP contribution in [-0.4, -0.2) is 50.0 Å². The monoisotopic (exact) mass is 513 g/mol. The molecule has 2 rings (SSSR count). The third kappa shape index (κ3) is 7.35. The van der Waals surface area contributed by atoms with E-state index in [0.717, 1.165) is 22.5 Å². The molecule has 0 fully saturated rings.